The van der Waals surface area contributed by atoms with E-state index in [0.717, 1.165) is 17.7 Å². The molecule has 6 nitrogen and oxygen atoms in total. The van der Waals surface area contributed by atoms with Crippen LogP contribution in [0.5, 0.6) is 0 Å². The Labute approximate surface area is 150 Å². The molecule has 0 radical (unpaired) electrons. The van der Waals surface area contributed by atoms with Crippen molar-refractivity contribution < 1.29 is 9.21 Å². The number of thioether (sulfide) groups is 1. The van der Waals surface area contributed by atoms with Gasteiger partial charge in [0.1, 0.15) is 0 Å². The third-order valence-electron chi connectivity index (χ3n) is 3.78. The highest BCUT2D eigenvalue weighted by Gasteiger charge is 2.16. The molecule has 0 unspecified atom stereocenters. The van der Waals surface area contributed by atoms with Gasteiger partial charge in [-0.2, -0.15) is 0 Å². The van der Waals surface area contributed by atoms with Crippen LogP contribution < -0.4 is 5.32 Å². The van der Waals surface area contributed by atoms with Crippen molar-refractivity contribution in [2.24, 2.45) is 0 Å². The van der Waals surface area contributed by atoms with Crippen LogP contribution in [0.25, 0.3) is 11.6 Å². The van der Waals surface area contributed by atoms with E-state index in [1.54, 1.807) is 6.26 Å². The highest BCUT2D eigenvalue weighted by atomic mass is 32.2. The number of benzene rings is 1. The molecule has 0 aliphatic heterocycles. The van der Waals surface area contributed by atoms with Crippen molar-refractivity contribution in [2.45, 2.75) is 32.0 Å². The van der Waals surface area contributed by atoms with Gasteiger partial charge in [-0.25, -0.2) is 0 Å². The quantitative estimate of drug-likeness (QED) is 0.651. The van der Waals surface area contributed by atoms with E-state index in [4.69, 9.17) is 4.42 Å². The van der Waals surface area contributed by atoms with Gasteiger partial charge in [0.25, 0.3) is 0 Å². The SMILES string of the molecule is CCc1ccccc1NC(=O)CSc1nnc(-c2ccco2)n1CC. The number of furan rings is 1. The lowest BCUT2D eigenvalue weighted by Crippen LogP contribution is -2.15. The van der Waals surface area contributed by atoms with Crippen LogP contribution in [0, 0.1) is 0 Å². The van der Waals surface area contributed by atoms with Crippen LogP contribution in [-0.2, 0) is 17.8 Å². The fourth-order valence-corrected chi connectivity index (χ4v) is 3.34. The first-order valence-corrected chi connectivity index (χ1v) is 9.19. The Morgan fingerprint density at radius 1 is 1.20 bits per heavy atom. The molecule has 1 N–H and O–H groups in total. The monoisotopic (exact) mass is 356 g/mol. The normalized spacial score (nSPS) is 10.8. The molecule has 0 atom stereocenters. The van der Waals surface area contributed by atoms with Gasteiger partial charge in [0, 0.05) is 12.2 Å². The average molecular weight is 356 g/mol. The number of anilines is 1. The second-order valence-electron chi connectivity index (χ2n) is 5.38. The maximum Gasteiger partial charge on any atom is 0.234 e. The topological polar surface area (TPSA) is 73.0 Å². The number of nitrogens with zero attached hydrogens (tertiary/aromatic N) is 3. The number of carbonyl (C=O) groups is 1. The summed E-state index contributed by atoms with van der Waals surface area (Å²) in [5, 5.41) is 12.0. The predicted octanol–water partition coefficient (Wildman–Crippen LogP) is 3.85. The molecule has 0 fully saturated rings. The van der Waals surface area contributed by atoms with E-state index in [0.29, 0.717) is 23.3 Å². The molecule has 0 aliphatic carbocycles. The number of hydrogen-bond acceptors (Lipinski definition) is 5. The van der Waals surface area contributed by atoms with E-state index < -0.39 is 0 Å². The standard InChI is InChI=1S/C18H20N4O2S/c1-3-13-8-5-6-9-14(13)19-16(23)12-25-18-21-20-17(22(18)4-2)15-10-7-11-24-15/h5-11H,3-4,12H2,1-2H3,(H,19,23). The van der Waals surface area contributed by atoms with E-state index in [1.807, 2.05) is 47.9 Å². The van der Waals surface area contributed by atoms with Crippen molar-refractivity contribution in [1.82, 2.24) is 14.8 Å². The first-order chi connectivity index (χ1) is 12.2. The number of rotatable bonds is 7. The second-order valence-corrected chi connectivity index (χ2v) is 6.32. The minimum Gasteiger partial charge on any atom is -0.461 e. The number of nitrogens with one attached hydrogen (secondary N) is 1. The van der Waals surface area contributed by atoms with Gasteiger partial charge in [-0.3, -0.25) is 9.36 Å². The molecule has 3 aromatic rings. The molecule has 2 aromatic heterocycles. The Hall–Kier alpha value is -2.54. The third-order valence-corrected chi connectivity index (χ3v) is 4.75. The summed E-state index contributed by atoms with van der Waals surface area (Å²) in [5.41, 5.74) is 1.99. The van der Waals surface area contributed by atoms with Crippen molar-refractivity contribution in [1.29, 1.82) is 0 Å². The lowest BCUT2D eigenvalue weighted by Gasteiger charge is -2.09. The number of hydrogen-bond donors (Lipinski definition) is 1. The summed E-state index contributed by atoms with van der Waals surface area (Å²) in [6, 6.07) is 11.5. The van der Waals surface area contributed by atoms with Crippen molar-refractivity contribution in [3.63, 3.8) is 0 Å². The third kappa shape index (κ3) is 3.93. The summed E-state index contributed by atoms with van der Waals surface area (Å²) in [4.78, 5) is 12.3. The number of amides is 1. The van der Waals surface area contributed by atoms with Crippen molar-refractivity contribution in [2.75, 3.05) is 11.1 Å². The van der Waals surface area contributed by atoms with Crippen LogP contribution in [0.3, 0.4) is 0 Å². The second kappa shape index (κ2) is 8.02. The van der Waals surface area contributed by atoms with Gasteiger partial charge in [0.2, 0.25) is 5.91 Å². The molecule has 25 heavy (non-hydrogen) atoms. The van der Waals surface area contributed by atoms with Gasteiger partial charge in [0.05, 0.1) is 12.0 Å². The summed E-state index contributed by atoms with van der Waals surface area (Å²) >= 11 is 1.37. The van der Waals surface area contributed by atoms with Crippen LogP contribution in [0.2, 0.25) is 0 Å². The first kappa shape index (κ1) is 17.3. The van der Waals surface area contributed by atoms with Gasteiger partial charge >= 0.3 is 0 Å². The molecule has 0 spiro atoms. The smallest absolute Gasteiger partial charge is 0.234 e. The van der Waals surface area contributed by atoms with Crippen molar-refractivity contribution in [3.8, 4) is 11.6 Å². The van der Waals surface area contributed by atoms with Gasteiger partial charge in [-0.1, -0.05) is 36.9 Å². The number of aryl methyl sites for hydroxylation is 1. The molecule has 1 amide bonds. The Morgan fingerprint density at radius 2 is 2.04 bits per heavy atom. The molecule has 7 heteroatoms. The summed E-state index contributed by atoms with van der Waals surface area (Å²) in [6.07, 6.45) is 2.48. The van der Waals surface area contributed by atoms with Crippen molar-refractivity contribution >= 4 is 23.4 Å². The lowest BCUT2D eigenvalue weighted by atomic mass is 10.1. The summed E-state index contributed by atoms with van der Waals surface area (Å²) in [7, 11) is 0. The fourth-order valence-electron chi connectivity index (χ4n) is 2.54. The largest absolute Gasteiger partial charge is 0.461 e. The maximum absolute atomic E-state index is 12.3. The van der Waals surface area contributed by atoms with E-state index in [9.17, 15) is 4.79 Å². The summed E-state index contributed by atoms with van der Waals surface area (Å²) < 4.78 is 7.33. The molecule has 2 heterocycles. The van der Waals surface area contributed by atoms with Crippen LogP contribution in [0.15, 0.2) is 52.2 Å². The zero-order valence-corrected chi connectivity index (χ0v) is 15.0. The predicted molar refractivity (Wildman–Crippen MR) is 98.6 cm³/mol. The molecule has 3 rings (SSSR count). The van der Waals surface area contributed by atoms with E-state index >= 15 is 0 Å². The van der Waals surface area contributed by atoms with Gasteiger partial charge in [0.15, 0.2) is 16.7 Å². The van der Waals surface area contributed by atoms with Crippen LogP contribution >= 0.6 is 11.8 Å². The van der Waals surface area contributed by atoms with E-state index in [2.05, 4.69) is 22.4 Å². The zero-order chi connectivity index (χ0) is 17.6. The highest BCUT2D eigenvalue weighted by Crippen LogP contribution is 2.24. The van der Waals surface area contributed by atoms with Gasteiger partial charge in [-0.05, 0) is 37.1 Å². The lowest BCUT2D eigenvalue weighted by molar-refractivity contribution is -0.113. The van der Waals surface area contributed by atoms with Crippen LogP contribution in [0.1, 0.15) is 19.4 Å². The first-order valence-electron chi connectivity index (χ1n) is 8.20. The maximum atomic E-state index is 12.3. The minimum absolute atomic E-state index is 0.0592. The highest BCUT2D eigenvalue weighted by molar-refractivity contribution is 7.99. The van der Waals surface area contributed by atoms with E-state index in [-0.39, 0.29) is 11.7 Å². The summed E-state index contributed by atoms with van der Waals surface area (Å²) in [6.45, 7) is 4.78. The fraction of sp³-hybridized carbons (Fsp3) is 0.278. The molecule has 0 aliphatic rings. The molecular formula is C18H20N4O2S. The Morgan fingerprint density at radius 3 is 2.76 bits per heavy atom. The molecular weight excluding hydrogens is 336 g/mol. The molecule has 0 saturated heterocycles. The molecule has 0 bridgehead atoms. The molecule has 1 aromatic carbocycles. The number of para-hydroxylation sites is 1. The Kier molecular flexibility index (Phi) is 5.55. The number of carbonyl (C=O) groups excluding carboxylic acids is 1. The Bertz CT molecular complexity index is 843. The Balaban J connectivity index is 1.66. The average Bonchev–Trinajstić information content (AvgIpc) is 3.29. The van der Waals surface area contributed by atoms with Crippen LogP contribution in [0.4, 0.5) is 5.69 Å². The molecule has 130 valence electrons. The number of aromatic nitrogens is 3. The molecule has 0 saturated carbocycles. The van der Waals surface area contributed by atoms with Gasteiger partial charge < -0.3 is 9.73 Å². The van der Waals surface area contributed by atoms with Crippen LogP contribution in [-0.4, -0.2) is 26.4 Å². The minimum atomic E-state index is -0.0592. The van der Waals surface area contributed by atoms with Gasteiger partial charge in [-0.15, -0.1) is 10.2 Å². The van der Waals surface area contributed by atoms with E-state index in [1.165, 1.54) is 11.8 Å². The summed E-state index contributed by atoms with van der Waals surface area (Å²) in [5.74, 6) is 1.55. The zero-order valence-electron chi connectivity index (χ0n) is 14.2. The van der Waals surface area contributed by atoms with Crippen molar-refractivity contribution in [3.05, 3.63) is 48.2 Å².